The van der Waals surface area contributed by atoms with Crippen LogP contribution in [0.2, 0.25) is 0 Å². The Hall–Kier alpha value is 0.650. The molecule has 0 amide bonds. The van der Waals surface area contributed by atoms with E-state index in [4.69, 9.17) is 15.9 Å². The van der Waals surface area contributed by atoms with Crippen LogP contribution in [0, 0.1) is 37.7 Å². The summed E-state index contributed by atoms with van der Waals surface area (Å²) in [5.74, 6) is -1.18. The molecule has 0 bridgehead atoms. The molecule has 0 aliphatic rings. The van der Waals surface area contributed by atoms with E-state index in [9.17, 15) is 4.79 Å². The van der Waals surface area contributed by atoms with Crippen LogP contribution >= 0.6 is 0 Å². The third kappa shape index (κ3) is 4.80. The van der Waals surface area contributed by atoms with Gasteiger partial charge in [-0.05, 0) is 0 Å². The maximum absolute atomic E-state index is 9.65. The van der Waals surface area contributed by atoms with Gasteiger partial charge in [-0.25, -0.2) is 0 Å². The molecule has 8 heavy (non-hydrogen) atoms. The zero-order valence-electron chi connectivity index (χ0n) is 4.02. The summed E-state index contributed by atoms with van der Waals surface area (Å²) in [4.78, 5) is 9.65. The van der Waals surface area contributed by atoms with Crippen LogP contribution in [0.4, 0.5) is 0 Å². The average Bonchev–Trinajstić information content (AvgIpc) is 1.65. The number of aliphatic hydroxyl groups excluding tert-OH is 1. The Morgan fingerprint density at radius 3 is 2.12 bits per heavy atom. The van der Waals surface area contributed by atoms with Crippen molar-refractivity contribution < 1.29 is 52.7 Å². The molecule has 0 aliphatic carbocycles. The Labute approximate surface area is 76.7 Å². The molecule has 0 fully saturated rings. The molecular formula is C3H7ArNO3. The van der Waals surface area contributed by atoms with Gasteiger partial charge in [-0.3, -0.25) is 4.79 Å². The molecule has 0 heterocycles. The van der Waals surface area contributed by atoms with Crippen LogP contribution < -0.4 is 5.73 Å². The number of rotatable bonds is 2. The van der Waals surface area contributed by atoms with Crippen LogP contribution in [0.15, 0.2) is 0 Å². The summed E-state index contributed by atoms with van der Waals surface area (Å²) in [7, 11) is 0. The second-order valence-electron chi connectivity index (χ2n) is 1.13. The van der Waals surface area contributed by atoms with Crippen LogP contribution in [0.25, 0.3) is 0 Å². The van der Waals surface area contributed by atoms with E-state index in [0.29, 0.717) is 0 Å². The first-order valence-electron chi connectivity index (χ1n) is 1.77. The summed E-state index contributed by atoms with van der Waals surface area (Å²) in [5.41, 5.74) is 4.77. The maximum Gasteiger partial charge on any atom is 0.322 e. The SMILES string of the molecule is N[C@@H](CO)C(=O)O.[Ar]. The predicted octanol–water partition coefficient (Wildman–Crippen LogP) is -1.61. The van der Waals surface area contributed by atoms with Gasteiger partial charge in [0.1, 0.15) is 6.04 Å². The molecule has 0 rings (SSSR count). The number of hydrogen-bond donors (Lipinski definition) is 3. The monoisotopic (exact) mass is 145 g/mol. The normalized spacial score (nSPS) is 11.8. The fourth-order valence-corrected chi connectivity index (χ4v) is 0.0781. The first kappa shape index (κ1) is 11.4. The van der Waals surface area contributed by atoms with Crippen molar-refractivity contribution in [3.63, 3.8) is 0 Å². The van der Waals surface area contributed by atoms with Crippen molar-refractivity contribution in [2.75, 3.05) is 6.61 Å². The second kappa shape index (κ2) is 5.78. The molecule has 4 nitrogen and oxygen atoms in total. The fourth-order valence-electron chi connectivity index (χ4n) is 0.0781. The van der Waals surface area contributed by atoms with Crippen LogP contribution in [-0.2, 0) is 4.79 Å². The van der Waals surface area contributed by atoms with Gasteiger partial charge in [0.05, 0.1) is 6.61 Å². The summed E-state index contributed by atoms with van der Waals surface area (Å²) in [6.07, 6.45) is 0. The van der Waals surface area contributed by atoms with Crippen LogP contribution in [0.5, 0.6) is 0 Å². The molecule has 4 N–H and O–H groups in total. The molecule has 0 saturated carbocycles. The number of carboxylic acid groups (broad SMARTS) is 1. The number of nitrogens with two attached hydrogens (primary N) is 1. The third-order valence-corrected chi connectivity index (χ3v) is 0.514. The van der Waals surface area contributed by atoms with Crippen molar-refractivity contribution in [2.24, 2.45) is 5.73 Å². The van der Waals surface area contributed by atoms with E-state index in [-0.39, 0.29) is 37.7 Å². The summed E-state index contributed by atoms with van der Waals surface area (Å²) < 4.78 is 0. The van der Waals surface area contributed by atoms with Gasteiger partial charge in [0.2, 0.25) is 0 Å². The molecule has 50 valence electrons. The van der Waals surface area contributed by atoms with E-state index in [2.05, 4.69) is 0 Å². The molecule has 0 aromatic rings. The first-order valence-corrected chi connectivity index (χ1v) is 1.77. The van der Waals surface area contributed by atoms with E-state index in [1.54, 1.807) is 0 Å². The molecule has 0 aromatic carbocycles. The maximum atomic E-state index is 9.65. The van der Waals surface area contributed by atoms with E-state index in [1.807, 2.05) is 0 Å². The number of carboxylic acids is 1. The molecule has 0 radical (unpaired) electrons. The van der Waals surface area contributed by atoms with Gasteiger partial charge in [-0.1, -0.05) is 0 Å². The number of hydrogen-bond acceptors (Lipinski definition) is 3. The number of carbonyl (C=O) groups is 1. The van der Waals surface area contributed by atoms with Crippen molar-refractivity contribution in [1.29, 1.82) is 0 Å². The zero-order chi connectivity index (χ0) is 5.86. The molecular weight excluding hydrogens is 138 g/mol. The van der Waals surface area contributed by atoms with E-state index in [1.165, 1.54) is 0 Å². The Morgan fingerprint density at radius 1 is 1.75 bits per heavy atom. The minimum absolute atomic E-state index is 0. The molecule has 0 spiro atoms. The summed E-state index contributed by atoms with van der Waals surface area (Å²) in [5, 5.41) is 15.9. The molecule has 0 aliphatic heterocycles. The van der Waals surface area contributed by atoms with Gasteiger partial charge in [0.15, 0.2) is 0 Å². The van der Waals surface area contributed by atoms with Gasteiger partial charge >= 0.3 is 5.97 Å². The Kier molecular flexibility index (Phi) is 8.27. The van der Waals surface area contributed by atoms with Gasteiger partial charge < -0.3 is 15.9 Å². The van der Waals surface area contributed by atoms with Gasteiger partial charge in [0.25, 0.3) is 0 Å². The Morgan fingerprint density at radius 2 is 2.12 bits per heavy atom. The van der Waals surface area contributed by atoms with E-state index in [0.717, 1.165) is 0 Å². The standard InChI is InChI=1S/C3H7NO3.Ar/c4-2(1-5)3(6)7;/h2,5H,1,4H2,(H,6,7);/t2-;/m0./s1. The van der Waals surface area contributed by atoms with Gasteiger partial charge in [0, 0.05) is 37.7 Å². The zero-order valence-corrected chi connectivity index (χ0v) is 4.73. The van der Waals surface area contributed by atoms with Crippen molar-refractivity contribution in [2.45, 2.75) is 6.04 Å². The van der Waals surface area contributed by atoms with Crippen molar-refractivity contribution in [1.82, 2.24) is 0 Å². The Bertz CT molecular complexity index is 76.9. The predicted molar refractivity (Wildman–Crippen MR) is 22.7 cm³/mol. The smallest absolute Gasteiger partial charge is 0.322 e. The van der Waals surface area contributed by atoms with Crippen molar-refractivity contribution in [3.8, 4) is 0 Å². The molecule has 5 heteroatoms. The van der Waals surface area contributed by atoms with E-state index < -0.39 is 18.6 Å². The molecule has 0 saturated heterocycles. The van der Waals surface area contributed by atoms with Crippen molar-refractivity contribution >= 4 is 5.97 Å². The van der Waals surface area contributed by atoms with Gasteiger partial charge in [-0.15, -0.1) is 0 Å². The third-order valence-electron chi connectivity index (χ3n) is 0.514. The number of aliphatic hydroxyl groups is 1. The topological polar surface area (TPSA) is 83.5 Å². The average molecular weight is 145 g/mol. The fraction of sp³-hybridized carbons (Fsp3) is 0.667. The minimum Gasteiger partial charge on any atom is -0.480 e. The Balaban J connectivity index is 0. The van der Waals surface area contributed by atoms with E-state index >= 15 is 0 Å². The molecule has 0 unspecified atom stereocenters. The van der Waals surface area contributed by atoms with Crippen LogP contribution in [-0.4, -0.2) is 28.8 Å². The summed E-state index contributed by atoms with van der Waals surface area (Å²) >= 11 is 0. The minimum atomic E-state index is -1.18. The first-order chi connectivity index (χ1) is 3.18. The van der Waals surface area contributed by atoms with Crippen LogP contribution in [0.3, 0.4) is 0 Å². The summed E-state index contributed by atoms with van der Waals surface area (Å²) in [6.45, 7) is -0.505. The van der Waals surface area contributed by atoms with Crippen LogP contribution in [0.1, 0.15) is 0 Å². The summed E-state index contributed by atoms with van der Waals surface area (Å²) in [6, 6.07) is -1.13. The molecule has 1 atom stereocenters. The number of aliphatic carboxylic acids is 1. The quantitative estimate of drug-likeness (QED) is 0.436. The second-order valence-corrected chi connectivity index (χ2v) is 1.13. The molecule has 0 aromatic heterocycles. The largest absolute Gasteiger partial charge is 0.480 e. The van der Waals surface area contributed by atoms with Crippen molar-refractivity contribution in [3.05, 3.63) is 0 Å². The van der Waals surface area contributed by atoms with Gasteiger partial charge in [-0.2, -0.15) is 0 Å².